The molecule has 0 unspecified atom stereocenters. The van der Waals surface area contributed by atoms with Crippen LogP contribution in [0.1, 0.15) is 34.8 Å². The van der Waals surface area contributed by atoms with E-state index >= 15 is 0 Å². The van der Waals surface area contributed by atoms with Gasteiger partial charge in [-0.2, -0.15) is 0 Å². The van der Waals surface area contributed by atoms with E-state index in [1.165, 1.54) is 12.4 Å². The molecular weight excluding hydrogens is 416 g/mol. The number of halogens is 2. The molecule has 0 saturated heterocycles. The van der Waals surface area contributed by atoms with Crippen molar-refractivity contribution in [3.05, 3.63) is 78.1 Å². The standard InChI is InChI=1S/C22H19F2N7O/c23-16-4-1-5-17(24)18(16)22(32)30-14-7-15(8-14)31-12-29-19-20(27-11-28-21(19)31)26-10-13-3-2-6-25-9-13/h1-6,9,11-12,14-15H,7-8,10H2,(H,30,32)(H,26,27,28). The van der Waals surface area contributed by atoms with E-state index in [9.17, 15) is 13.6 Å². The Kier molecular flexibility index (Phi) is 5.18. The minimum atomic E-state index is -0.873. The summed E-state index contributed by atoms with van der Waals surface area (Å²) in [6.45, 7) is 0.553. The maximum atomic E-state index is 13.8. The van der Waals surface area contributed by atoms with Gasteiger partial charge in [0.2, 0.25) is 0 Å². The van der Waals surface area contributed by atoms with Crippen LogP contribution in [0.5, 0.6) is 0 Å². The smallest absolute Gasteiger partial charge is 0.257 e. The Labute approximate surface area is 181 Å². The SMILES string of the molecule is O=C(NC1CC(n2cnc3c(NCc4cccnc4)ncnc32)C1)c1c(F)cccc1F. The number of anilines is 1. The van der Waals surface area contributed by atoms with Gasteiger partial charge in [-0.25, -0.2) is 23.7 Å². The predicted molar refractivity (Wildman–Crippen MR) is 113 cm³/mol. The van der Waals surface area contributed by atoms with Gasteiger partial charge in [0, 0.05) is 31.0 Å². The molecule has 3 aromatic heterocycles. The molecule has 1 fully saturated rings. The Bertz CT molecular complexity index is 1250. The van der Waals surface area contributed by atoms with Crippen molar-refractivity contribution in [3.8, 4) is 0 Å². The fraction of sp³-hybridized carbons (Fsp3) is 0.227. The monoisotopic (exact) mass is 435 g/mol. The lowest BCUT2D eigenvalue weighted by Gasteiger charge is -2.36. The van der Waals surface area contributed by atoms with E-state index in [2.05, 4.69) is 30.6 Å². The first kappa shape index (κ1) is 20.0. The third kappa shape index (κ3) is 3.75. The molecule has 2 N–H and O–H groups in total. The number of nitrogens with zero attached hydrogens (tertiary/aromatic N) is 5. The molecule has 162 valence electrons. The molecule has 1 amide bonds. The number of hydrogen-bond donors (Lipinski definition) is 2. The molecule has 0 aliphatic heterocycles. The average Bonchev–Trinajstić information content (AvgIpc) is 3.19. The van der Waals surface area contributed by atoms with Gasteiger partial charge in [0.25, 0.3) is 5.91 Å². The number of nitrogens with one attached hydrogen (secondary N) is 2. The zero-order chi connectivity index (χ0) is 22.1. The van der Waals surface area contributed by atoms with E-state index in [4.69, 9.17) is 0 Å². The third-order valence-electron chi connectivity index (χ3n) is 5.57. The number of pyridine rings is 1. The molecule has 1 aliphatic carbocycles. The molecule has 1 aliphatic rings. The second kappa shape index (κ2) is 8.29. The van der Waals surface area contributed by atoms with Crippen molar-refractivity contribution in [2.24, 2.45) is 0 Å². The summed E-state index contributed by atoms with van der Waals surface area (Å²) in [5.74, 6) is -1.87. The third-order valence-corrected chi connectivity index (χ3v) is 5.57. The van der Waals surface area contributed by atoms with Crippen molar-refractivity contribution in [2.45, 2.75) is 31.5 Å². The summed E-state index contributed by atoms with van der Waals surface area (Å²) in [5, 5.41) is 5.96. The number of amides is 1. The summed E-state index contributed by atoms with van der Waals surface area (Å²) in [6, 6.07) is 7.08. The molecular formula is C22H19F2N7O. The number of carbonyl (C=O) groups is 1. The van der Waals surface area contributed by atoms with Crippen LogP contribution in [0, 0.1) is 11.6 Å². The number of benzene rings is 1. The van der Waals surface area contributed by atoms with Gasteiger partial charge in [-0.05, 0) is 36.6 Å². The summed E-state index contributed by atoms with van der Waals surface area (Å²) in [7, 11) is 0. The zero-order valence-corrected chi connectivity index (χ0v) is 16.9. The van der Waals surface area contributed by atoms with Crippen LogP contribution in [0.3, 0.4) is 0 Å². The van der Waals surface area contributed by atoms with Crippen molar-refractivity contribution in [1.82, 2.24) is 29.8 Å². The Morgan fingerprint density at radius 1 is 1.09 bits per heavy atom. The summed E-state index contributed by atoms with van der Waals surface area (Å²) in [4.78, 5) is 29.5. The Hall–Kier alpha value is -3.95. The number of carbonyl (C=O) groups excluding carboxylic acids is 1. The number of imidazole rings is 1. The highest BCUT2D eigenvalue weighted by molar-refractivity contribution is 5.95. The maximum absolute atomic E-state index is 13.8. The van der Waals surface area contributed by atoms with E-state index in [1.807, 2.05) is 16.7 Å². The average molecular weight is 435 g/mol. The molecule has 0 spiro atoms. The van der Waals surface area contributed by atoms with Crippen molar-refractivity contribution < 1.29 is 13.6 Å². The number of aromatic nitrogens is 5. The summed E-state index contributed by atoms with van der Waals surface area (Å²) < 4.78 is 29.6. The van der Waals surface area contributed by atoms with Crippen LogP contribution in [-0.2, 0) is 6.54 Å². The largest absolute Gasteiger partial charge is 0.364 e. The molecule has 3 heterocycles. The van der Waals surface area contributed by atoms with Gasteiger partial charge in [0.05, 0.1) is 6.33 Å². The minimum absolute atomic E-state index is 0.0665. The van der Waals surface area contributed by atoms with E-state index in [1.54, 1.807) is 18.7 Å². The second-order valence-corrected chi connectivity index (χ2v) is 7.65. The molecule has 32 heavy (non-hydrogen) atoms. The molecule has 8 nitrogen and oxygen atoms in total. The Morgan fingerprint density at radius 3 is 2.66 bits per heavy atom. The van der Waals surface area contributed by atoms with E-state index in [-0.39, 0.29) is 12.1 Å². The molecule has 0 radical (unpaired) electrons. The Morgan fingerprint density at radius 2 is 1.91 bits per heavy atom. The molecule has 1 aromatic carbocycles. The number of hydrogen-bond acceptors (Lipinski definition) is 6. The molecule has 1 saturated carbocycles. The van der Waals surface area contributed by atoms with Gasteiger partial charge in [-0.1, -0.05) is 12.1 Å². The lowest BCUT2D eigenvalue weighted by molar-refractivity contribution is 0.0886. The first-order chi connectivity index (χ1) is 15.6. The van der Waals surface area contributed by atoms with Gasteiger partial charge in [0.15, 0.2) is 11.5 Å². The minimum Gasteiger partial charge on any atom is -0.364 e. The fourth-order valence-electron chi connectivity index (χ4n) is 3.84. The molecule has 0 atom stereocenters. The summed E-state index contributed by atoms with van der Waals surface area (Å²) in [5.41, 5.74) is 1.80. The normalized spacial score (nSPS) is 17.7. The van der Waals surface area contributed by atoms with E-state index in [0.29, 0.717) is 36.4 Å². The zero-order valence-electron chi connectivity index (χ0n) is 16.9. The van der Waals surface area contributed by atoms with Gasteiger partial charge in [0.1, 0.15) is 29.0 Å². The van der Waals surface area contributed by atoms with E-state index < -0.39 is 23.1 Å². The highest BCUT2D eigenvalue weighted by Crippen LogP contribution is 2.35. The molecule has 0 bridgehead atoms. The first-order valence-electron chi connectivity index (χ1n) is 10.2. The highest BCUT2D eigenvalue weighted by Gasteiger charge is 2.34. The van der Waals surface area contributed by atoms with Crippen LogP contribution in [0.15, 0.2) is 55.4 Å². The topological polar surface area (TPSA) is 97.6 Å². The molecule has 5 rings (SSSR count). The van der Waals surface area contributed by atoms with Crippen molar-refractivity contribution >= 4 is 22.9 Å². The predicted octanol–water partition coefficient (Wildman–Crippen LogP) is 3.25. The van der Waals surface area contributed by atoms with Gasteiger partial charge >= 0.3 is 0 Å². The van der Waals surface area contributed by atoms with Crippen LogP contribution in [0.25, 0.3) is 11.2 Å². The van der Waals surface area contributed by atoms with E-state index in [0.717, 1.165) is 17.7 Å². The van der Waals surface area contributed by atoms with Crippen LogP contribution >= 0.6 is 0 Å². The van der Waals surface area contributed by atoms with Crippen molar-refractivity contribution in [2.75, 3.05) is 5.32 Å². The van der Waals surface area contributed by atoms with Crippen LogP contribution in [0.2, 0.25) is 0 Å². The first-order valence-corrected chi connectivity index (χ1v) is 10.2. The molecule has 4 aromatic rings. The summed E-state index contributed by atoms with van der Waals surface area (Å²) in [6.07, 6.45) is 7.89. The molecule has 10 heteroatoms. The van der Waals surface area contributed by atoms with Crippen LogP contribution in [0.4, 0.5) is 14.6 Å². The van der Waals surface area contributed by atoms with Crippen LogP contribution < -0.4 is 10.6 Å². The maximum Gasteiger partial charge on any atom is 0.257 e. The van der Waals surface area contributed by atoms with Crippen molar-refractivity contribution in [1.29, 1.82) is 0 Å². The highest BCUT2D eigenvalue weighted by atomic mass is 19.1. The van der Waals surface area contributed by atoms with Gasteiger partial charge in [-0.15, -0.1) is 0 Å². The summed E-state index contributed by atoms with van der Waals surface area (Å²) >= 11 is 0. The fourth-order valence-corrected chi connectivity index (χ4v) is 3.84. The lowest BCUT2D eigenvalue weighted by atomic mass is 9.86. The second-order valence-electron chi connectivity index (χ2n) is 7.65. The number of rotatable bonds is 6. The Balaban J connectivity index is 1.25. The van der Waals surface area contributed by atoms with Gasteiger partial charge < -0.3 is 15.2 Å². The lowest BCUT2D eigenvalue weighted by Crippen LogP contribution is -2.45. The number of fused-ring (bicyclic) bond motifs is 1. The van der Waals surface area contributed by atoms with Crippen LogP contribution in [-0.4, -0.2) is 36.5 Å². The quantitative estimate of drug-likeness (QED) is 0.483. The van der Waals surface area contributed by atoms with Crippen molar-refractivity contribution in [3.63, 3.8) is 0 Å². The van der Waals surface area contributed by atoms with Gasteiger partial charge in [-0.3, -0.25) is 9.78 Å².